The Kier molecular flexibility index (Phi) is 4.83. The number of nitrogens with one attached hydrogen (secondary N) is 1. The fourth-order valence-corrected chi connectivity index (χ4v) is 0.767. The lowest BCUT2D eigenvalue weighted by Gasteiger charge is -2.03. The lowest BCUT2D eigenvalue weighted by atomic mass is 10.2. The summed E-state index contributed by atoms with van der Waals surface area (Å²) in [5.41, 5.74) is 0.351. The van der Waals surface area contributed by atoms with Crippen LogP contribution in [0.1, 0.15) is 0 Å². The molecule has 0 aromatic heterocycles. The molecule has 0 amide bonds. The molecule has 0 aromatic rings. The Hall–Kier alpha value is -0.600. The van der Waals surface area contributed by atoms with E-state index >= 15 is 0 Å². The van der Waals surface area contributed by atoms with Crippen molar-refractivity contribution >= 4 is 11.6 Å². The van der Waals surface area contributed by atoms with Gasteiger partial charge in [0.15, 0.2) is 0 Å². The molecule has 62 valence electrons. The van der Waals surface area contributed by atoms with E-state index in [1.165, 1.54) is 0 Å². The Labute approximate surface area is 71.2 Å². The van der Waals surface area contributed by atoms with Gasteiger partial charge >= 0.3 is 0 Å². The monoisotopic (exact) mass is 175 g/mol. The van der Waals surface area contributed by atoms with E-state index in [1.54, 1.807) is 7.05 Å². The molecule has 0 aliphatic heterocycles. The predicted molar refractivity (Wildman–Crippen MR) is 47.3 cm³/mol. The lowest BCUT2D eigenvalue weighted by Crippen LogP contribution is -2.11. The Bertz CT molecular complexity index is 196. The highest BCUT2D eigenvalue weighted by Gasteiger charge is 2.04. The zero-order valence-corrected chi connectivity index (χ0v) is 7.21. The third-order valence-electron chi connectivity index (χ3n) is 1.15. The first kappa shape index (κ1) is 10.4. The van der Waals surface area contributed by atoms with Crippen molar-refractivity contribution in [2.24, 2.45) is 0 Å². The van der Waals surface area contributed by atoms with Crippen LogP contribution >= 0.6 is 11.6 Å². The normalized spacial score (nSPS) is 12.3. The van der Waals surface area contributed by atoms with E-state index in [4.69, 9.17) is 11.6 Å². The van der Waals surface area contributed by atoms with Crippen LogP contribution in [0.3, 0.4) is 0 Å². The van der Waals surface area contributed by atoms with E-state index in [2.05, 4.69) is 18.5 Å². The minimum absolute atomic E-state index is 0.205. The number of likely N-dealkylation sites (N-methyl/N-ethyl adjacent to an activating group) is 1. The van der Waals surface area contributed by atoms with Gasteiger partial charge in [-0.3, -0.25) is 0 Å². The molecule has 3 heteroatoms. The van der Waals surface area contributed by atoms with Crippen molar-refractivity contribution in [1.82, 2.24) is 5.32 Å². The number of halogens is 2. The first-order chi connectivity index (χ1) is 5.13. The van der Waals surface area contributed by atoms with Gasteiger partial charge in [0.2, 0.25) is 0 Å². The summed E-state index contributed by atoms with van der Waals surface area (Å²) in [4.78, 5) is 0. The summed E-state index contributed by atoms with van der Waals surface area (Å²) >= 11 is 5.52. The molecule has 0 heterocycles. The molecule has 0 fully saturated rings. The van der Waals surface area contributed by atoms with Crippen molar-refractivity contribution < 1.29 is 4.39 Å². The minimum atomic E-state index is -0.431. The van der Waals surface area contributed by atoms with Crippen LogP contribution in [0.2, 0.25) is 0 Å². The van der Waals surface area contributed by atoms with Crippen molar-refractivity contribution in [1.29, 1.82) is 0 Å². The molecule has 1 N–H and O–H groups in total. The number of rotatable bonds is 4. The maximum absolute atomic E-state index is 12.8. The number of hydrogen-bond acceptors (Lipinski definition) is 1. The summed E-state index contributed by atoms with van der Waals surface area (Å²) in [5, 5.41) is 2.98. The lowest BCUT2D eigenvalue weighted by molar-refractivity contribution is 0.649. The van der Waals surface area contributed by atoms with Crippen LogP contribution in [0.15, 0.2) is 35.7 Å². The highest BCUT2D eigenvalue weighted by molar-refractivity contribution is 6.31. The van der Waals surface area contributed by atoms with Gasteiger partial charge in [-0.15, -0.1) is 0 Å². The van der Waals surface area contributed by atoms with Gasteiger partial charge in [0.05, 0.1) is 0 Å². The van der Waals surface area contributed by atoms with Crippen molar-refractivity contribution in [3.8, 4) is 0 Å². The third kappa shape index (κ3) is 3.35. The van der Waals surface area contributed by atoms with E-state index in [0.717, 1.165) is 6.08 Å². The summed E-state index contributed by atoms with van der Waals surface area (Å²) in [6, 6.07) is 0. The predicted octanol–water partition coefficient (Wildman–Crippen LogP) is 2.37. The van der Waals surface area contributed by atoms with E-state index in [9.17, 15) is 4.39 Å². The van der Waals surface area contributed by atoms with Crippen LogP contribution in [0.25, 0.3) is 0 Å². The molecule has 0 spiro atoms. The van der Waals surface area contributed by atoms with E-state index in [1.807, 2.05) is 0 Å². The number of hydrogen-bond donors (Lipinski definition) is 1. The molecule has 11 heavy (non-hydrogen) atoms. The largest absolute Gasteiger partial charge is 0.316 e. The van der Waals surface area contributed by atoms with Gasteiger partial charge in [-0.1, -0.05) is 24.8 Å². The Morgan fingerprint density at radius 1 is 1.73 bits per heavy atom. The third-order valence-corrected chi connectivity index (χ3v) is 1.38. The Morgan fingerprint density at radius 2 is 2.27 bits per heavy atom. The Balaban J connectivity index is 4.56. The molecule has 0 unspecified atom stereocenters. The molecule has 0 saturated carbocycles. The van der Waals surface area contributed by atoms with Gasteiger partial charge in [0.25, 0.3) is 0 Å². The van der Waals surface area contributed by atoms with Crippen LogP contribution in [-0.2, 0) is 0 Å². The summed E-state index contributed by atoms with van der Waals surface area (Å²) < 4.78 is 12.8. The Morgan fingerprint density at radius 3 is 2.55 bits per heavy atom. The highest BCUT2D eigenvalue weighted by Crippen LogP contribution is 2.17. The summed E-state index contributed by atoms with van der Waals surface area (Å²) in [5.74, 6) is -0.431. The molecule has 0 atom stereocenters. The molecule has 0 rings (SSSR count). The molecule has 0 radical (unpaired) electrons. The molecular weight excluding hydrogens is 165 g/mol. The van der Waals surface area contributed by atoms with Crippen molar-refractivity contribution in [3.63, 3.8) is 0 Å². The maximum Gasteiger partial charge on any atom is 0.128 e. The van der Waals surface area contributed by atoms with Gasteiger partial charge in [-0.05, 0) is 13.1 Å². The van der Waals surface area contributed by atoms with Crippen molar-refractivity contribution in [2.45, 2.75) is 0 Å². The van der Waals surface area contributed by atoms with Crippen LogP contribution in [0.5, 0.6) is 0 Å². The highest BCUT2D eigenvalue weighted by atomic mass is 35.5. The fourth-order valence-electron chi connectivity index (χ4n) is 0.610. The summed E-state index contributed by atoms with van der Waals surface area (Å²) in [6.07, 6.45) is 1.11. The van der Waals surface area contributed by atoms with E-state index in [0.29, 0.717) is 12.1 Å². The second-order valence-corrected chi connectivity index (χ2v) is 2.42. The second kappa shape index (κ2) is 5.10. The van der Waals surface area contributed by atoms with Gasteiger partial charge in [0, 0.05) is 17.2 Å². The fraction of sp³-hybridized carbons (Fsp3) is 0.250. The molecule has 0 aliphatic carbocycles. The zero-order chi connectivity index (χ0) is 8.85. The quantitative estimate of drug-likeness (QED) is 0.647. The molecule has 0 bridgehead atoms. The molecule has 1 nitrogen and oxygen atoms in total. The molecule has 0 saturated heterocycles. The zero-order valence-electron chi connectivity index (χ0n) is 6.45. The first-order valence-corrected chi connectivity index (χ1v) is 3.51. The summed E-state index contributed by atoms with van der Waals surface area (Å²) in [6.45, 7) is 7.07. The van der Waals surface area contributed by atoms with Gasteiger partial charge in [0.1, 0.15) is 5.83 Å². The van der Waals surface area contributed by atoms with Gasteiger partial charge < -0.3 is 5.32 Å². The van der Waals surface area contributed by atoms with E-state index in [-0.39, 0.29) is 5.03 Å². The maximum atomic E-state index is 12.8. The summed E-state index contributed by atoms with van der Waals surface area (Å²) in [7, 11) is 1.70. The molecule has 0 aliphatic rings. The van der Waals surface area contributed by atoms with Crippen LogP contribution in [0.4, 0.5) is 4.39 Å². The average molecular weight is 176 g/mol. The molecular formula is C8H11ClFN. The standard InChI is InChI=1S/C8H11ClFN/c1-4-8(10)7(5-11-3)6(2)9/h4,11H,1-2,5H2,3H3/b8-7+. The minimum Gasteiger partial charge on any atom is -0.316 e. The molecule has 0 aromatic carbocycles. The topological polar surface area (TPSA) is 12.0 Å². The van der Waals surface area contributed by atoms with Crippen LogP contribution < -0.4 is 5.32 Å². The second-order valence-electron chi connectivity index (χ2n) is 1.97. The van der Waals surface area contributed by atoms with Gasteiger partial charge in [-0.25, -0.2) is 4.39 Å². The van der Waals surface area contributed by atoms with Crippen molar-refractivity contribution in [2.75, 3.05) is 13.6 Å². The smallest absolute Gasteiger partial charge is 0.128 e. The van der Waals surface area contributed by atoms with E-state index < -0.39 is 5.83 Å². The number of allylic oxidation sites excluding steroid dienone is 2. The average Bonchev–Trinajstić information content (AvgIpc) is 1.98. The van der Waals surface area contributed by atoms with Crippen LogP contribution in [-0.4, -0.2) is 13.6 Å². The SMILES string of the molecule is C=C/C(F)=C(/CNC)C(=C)Cl. The van der Waals surface area contributed by atoms with Crippen LogP contribution in [0, 0.1) is 0 Å². The van der Waals surface area contributed by atoms with Gasteiger partial charge in [-0.2, -0.15) is 0 Å². The van der Waals surface area contributed by atoms with Crippen molar-refractivity contribution in [3.05, 3.63) is 35.7 Å². The first-order valence-electron chi connectivity index (χ1n) is 3.14.